The van der Waals surface area contributed by atoms with Gasteiger partial charge in [-0.3, -0.25) is 14.6 Å². The zero-order valence-electron chi connectivity index (χ0n) is 16.1. The number of benzene rings is 1. The number of carbonyl (C=O) groups is 1. The van der Waals surface area contributed by atoms with Gasteiger partial charge in [0.1, 0.15) is 0 Å². The molecule has 1 atom stereocenters. The topological polar surface area (TPSA) is 50.9 Å². The number of piperidine rings is 1. The van der Waals surface area contributed by atoms with E-state index in [0.29, 0.717) is 6.04 Å². The lowest BCUT2D eigenvalue weighted by atomic mass is 10.0. The summed E-state index contributed by atoms with van der Waals surface area (Å²) in [6.07, 6.45) is 2.29. The third-order valence-electron chi connectivity index (χ3n) is 6.73. The van der Waals surface area contributed by atoms with Crippen molar-refractivity contribution >= 4 is 5.91 Å². The molecule has 1 unspecified atom stereocenters. The minimum Gasteiger partial charge on any atom is -0.330 e. The van der Waals surface area contributed by atoms with Gasteiger partial charge in [0.15, 0.2) is 0 Å². The number of fused-ring (bicyclic) bond motifs is 1. The van der Waals surface area contributed by atoms with Crippen LogP contribution in [0.5, 0.6) is 0 Å². The number of nitrogens with zero attached hydrogens (tertiary/aromatic N) is 3. The van der Waals surface area contributed by atoms with Crippen LogP contribution < -0.4 is 10.6 Å². The minimum absolute atomic E-state index is 0.230. The highest BCUT2D eigenvalue weighted by Crippen LogP contribution is 2.28. The van der Waals surface area contributed by atoms with Gasteiger partial charge in [-0.2, -0.15) is 0 Å². The highest BCUT2D eigenvalue weighted by molar-refractivity contribution is 5.98. The van der Waals surface area contributed by atoms with Crippen molar-refractivity contribution < 1.29 is 4.79 Å². The molecule has 0 radical (unpaired) electrons. The summed E-state index contributed by atoms with van der Waals surface area (Å²) in [7, 11) is 0. The third-order valence-corrected chi connectivity index (χ3v) is 6.73. The smallest absolute Gasteiger partial charge is 0.254 e. The molecule has 0 aromatic heterocycles. The summed E-state index contributed by atoms with van der Waals surface area (Å²) in [6, 6.07) is 7.60. The van der Waals surface area contributed by atoms with Crippen molar-refractivity contribution in [2.45, 2.75) is 38.0 Å². The molecule has 5 rings (SSSR count). The van der Waals surface area contributed by atoms with Crippen LogP contribution in [-0.2, 0) is 13.1 Å². The maximum absolute atomic E-state index is 12.8. The lowest BCUT2D eigenvalue weighted by Gasteiger charge is -2.47. The van der Waals surface area contributed by atoms with Crippen molar-refractivity contribution in [2.75, 3.05) is 52.4 Å². The van der Waals surface area contributed by atoms with Crippen molar-refractivity contribution in [1.29, 1.82) is 0 Å². The Balaban J connectivity index is 1.18. The van der Waals surface area contributed by atoms with Gasteiger partial charge in [0, 0.05) is 76.5 Å². The van der Waals surface area contributed by atoms with Gasteiger partial charge in [0.05, 0.1) is 0 Å². The summed E-state index contributed by atoms with van der Waals surface area (Å²) >= 11 is 0. The van der Waals surface area contributed by atoms with Crippen molar-refractivity contribution in [3.63, 3.8) is 0 Å². The molecule has 2 N–H and O–H groups in total. The highest BCUT2D eigenvalue weighted by Gasteiger charge is 2.35. The maximum Gasteiger partial charge on any atom is 0.254 e. The first kappa shape index (κ1) is 17.6. The lowest BCUT2D eigenvalue weighted by Crippen LogP contribution is -2.62. The summed E-state index contributed by atoms with van der Waals surface area (Å²) in [5.41, 5.74) is 3.50. The fourth-order valence-electron chi connectivity index (χ4n) is 5.10. The van der Waals surface area contributed by atoms with Crippen LogP contribution >= 0.6 is 0 Å². The fourth-order valence-corrected chi connectivity index (χ4v) is 5.10. The second kappa shape index (κ2) is 7.51. The average molecular weight is 370 g/mol. The lowest BCUT2D eigenvalue weighted by molar-refractivity contribution is 0.0223. The van der Waals surface area contributed by atoms with Gasteiger partial charge in [-0.1, -0.05) is 12.1 Å². The SMILES string of the molecule is O=C1c2ccc(CN3CC(N4CCNCC4)C3)cc2CN1C1CCCNC1. The molecule has 3 fully saturated rings. The first-order chi connectivity index (χ1) is 13.3. The quantitative estimate of drug-likeness (QED) is 0.809. The van der Waals surface area contributed by atoms with Crippen molar-refractivity contribution in [2.24, 2.45) is 0 Å². The molecule has 0 saturated carbocycles. The Morgan fingerprint density at radius 1 is 1.04 bits per heavy atom. The van der Waals surface area contributed by atoms with Crippen LogP contribution in [0.2, 0.25) is 0 Å². The number of carbonyl (C=O) groups excluding carboxylic acids is 1. The molecular formula is C21H31N5O. The summed E-state index contributed by atoms with van der Waals surface area (Å²) in [4.78, 5) is 20.0. The number of rotatable bonds is 4. The summed E-state index contributed by atoms with van der Waals surface area (Å²) in [6.45, 7) is 10.8. The molecule has 0 bridgehead atoms. The van der Waals surface area contributed by atoms with Gasteiger partial charge in [-0.05, 0) is 36.6 Å². The van der Waals surface area contributed by atoms with Crippen LogP contribution in [-0.4, -0.2) is 85.0 Å². The average Bonchev–Trinajstić information content (AvgIpc) is 3.02. The van der Waals surface area contributed by atoms with E-state index in [1.165, 1.54) is 43.7 Å². The zero-order valence-corrected chi connectivity index (χ0v) is 16.1. The van der Waals surface area contributed by atoms with E-state index in [-0.39, 0.29) is 5.91 Å². The largest absolute Gasteiger partial charge is 0.330 e. The van der Waals surface area contributed by atoms with Crippen LogP contribution in [0.25, 0.3) is 0 Å². The number of likely N-dealkylation sites (tertiary alicyclic amines) is 1. The van der Waals surface area contributed by atoms with E-state index in [4.69, 9.17) is 0 Å². The molecule has 0 aliphatic carbocycles. The van der Waals surface area contributed by atoms with Crippen molar-refractivity contribution in [3.8, 4) is 0 Å². The molecule has 1 aromatic rings. The summed E-state index contributed by atoms with van der Waals surface area (Å²) in [5, 5.41) is 6.87. The van der Waals surface area contributed by atoms with Crippen LogP contribution in [0.1, 0.15) is 34.3 Å². The van der Waals surface area contributed by atoms with Crippen molar-refractivity contribution in [3.05, 3.63) is 34.9 Å². The van der Waals surface area contributed by atoms with Crippen LogP contribution in [0.3, 0.4) is 0 Å². The number of hydrogen-bond acceptors (Lipinski definition) is 5. The predicted octanol–water partition coefficient (Wildman–Crippen LogP) is 0.484. The zero-order chi connectivity index (χ0) is 18.2. The Bertz CT molecular complexity index is 690. The Labute approximate surface area is 161 Å². The van der Waals surface area contributed by atoms with E-state index >= 15 is 0 Å². The number of piperazine rings is 1. The van der Waals surface area contributed by atoms with E-state index in [0.717, 1.165) is 57.3 Å². The number of hydrogen-bond donors (Lipinski definition) is 2. The molecular weight excluding hydrogens is 338 g/mol. The molecule has 4 aliphatic heterocycles. The van der Waals surface area contributed by atoms with Crippen LogP contribution in [0.15, 0.2) is 18.2 Å². The van der Waals surface area contributed by atoms with Gasteiger partial charge in [-0.25, -0.2) is 0 Å². The summed E-state index contributed by atoms with van der Waals surface area (Å²) < 4.78 is 0. The molecule has 1 amide bonds. The van der Waals surface area contributed by atoms with Crippen LogP contribution in [0, 0.1) is 0 Å². The molecule has 146 valence electrons. The van der Waals surface area contributed by atoms with Gasteiger partial charge in [0.25, 0.3) is 5.91 Å². The second-order valence-electron chi connectivity index (χ2n) is 8.56. The third kappa shape index (κ3) is 3.51. The number of nitrogens with one attached hydrogen (secondary N) is 2. The normalized spacial score (nSPS) is 27.6. The first-order valence-corrected chi connectivity index (χ1v) is 10.6. The molecule has 3 saturated heterocycles. The van der Waals surface area contributed by atoms with Gasteiger partial charge >= 0.3 is 0 Å². The standard InChI is InChI=1S/C21H31N5O/c27-21-20-4-3-16(10-17(20)13-26(21)18-2-1-5-23-11-18)12-24-14-19(15-24)25-8-6-22-7-9-25/h3-4,10,18-19,22-23H,1-2,5-9,11-15H2. The monoisotopic (exact) mass is 369 g/mol. The minimum atomic E-state index is 0.230. The molecule has 4 heterocycles. The Morgan fingerprint density at radius 3 is 2.67 bits per heavy atom. The summed E-state index contributed by atoms with van der Waals surface area (Å²) in [5.74, 6) is 0.230. The Hall–Kier alpha value is -1.47. The second-order valence-corrected chi connectivity index (χ2v) is 8.56. The first-order valence-electron chi connectivity index (χ1n) is 10.6. The molecule has 27 heavy (non-hydrogen) atoms. The highest BCUT2D eigenvalue weighted by atomic mass is 16.2. The predicted molar refractivity (Wildman–Crippen MR) is 106 cm³/mol. The van der Waals surface area contributed by atoms with Gasteiger partial charge in [-0.15, -0.1) is 0 Å². The molecule has 1 aromatic carbocycles. The fraction of sp³-hybridized carbons (Fsp3) is 0.667. The number of amides is 1. The van der Waals surface area contributed by atoms with E-state index < -0.39 is 0 Å². The molecule has 0 spiro atoms. The van der Waals surface area contributed by atoms with E-state index in [2.05, 4.69) is 43.5 Å². The molecule has 4 aliphatic rings. The molecule has 6 nitrogen and oxygen atoms in total. The maximum atomic E-state index is 12.8. The van der Waals surface area contributed by atoms with E-state index in [1.807, 2.05) is 0 Å². The molecule has 6 heteroatoms. The van der Waals surface area contributed by atoms with E-state index in [9.17, 15) is 4.79 Å². The van der Waals surface area contributed by atoms with Crippen LogP contribution in [0.4, 0.5) is 0 Å². The Kier molecular flexibility index (Phi) is 4.90. The van der Waals surface area contributed by atoms with E-state index in [1.54, 1.807) is 0 Å². The van der Waals surface area contributed by atoms with Gasteiger partial charge < -0.3 is 15.5 Å². The van der Waals surface area contributed by atoms with Crippen molar-refractivity contribution in [1.82, 2.24) is 25.3 Å². The van der Waals surface area contributed by atoms with Gasteiger partial charge in [0.2, 0.25) is 0 Å². The Morgan fingerprint density at radius 2 is 1.89 bits per heavy atom.